The first kappa shape index (κ1) is 12.0. The highest BCUT2D eigenvalue weighted by atomic mass is 35.5. The maximum atomic E-state index is 12.3. The Morgan fingerprint density at radius 1 is 1.53 bits per heavy atom. The van der Waals surface area contributed by atoms with Gasteiger partial charge in [-0.1, -0.05) is 18.5 Å². The number of alkyl halides is 3. The maximum Gasteiger partial charge on any atom is 0.417 e. The molecule has 1 atom stereocenters. The number of halogens is 4. The maximum absolute atomic E-state index is 12.3. The van der Waals surface area contributed by atoms with E-state index in [9.17, 15) is 18.0 Å². The number of aromatic nitrogens is 1. The molecule has 82 valence electrons. The van der Waals surface area contributed by atoms with E-state index in [1.165, 1.54) is 6.92 Å². The third-order valence-corrected chi connectivity index (χ3v) is 2.20. The van der Waals surface area contributed by atoms with Gasteiger partial charge in [0.25, 0.3) is 0 Å². The normalized spacial score (nSPS) is 13.7. The van der Waals surface area contributed by atoms with Gasteiger partial charge in [0.1, 0.15) is 11.4 Å². The molecule has 0 spiro atoms. The molecule has 1 unspecified atom stereocenters. The van der Waals surface area contributed by atoms with Crippen molar-refractivity contribution in [1.29, 1.82) is 0 Å². The molecule has 0 fully saturated rings. The first-order valence-corrected chi connectivity index (χ1v) is 4.42. The van der Waals surface area contributed by atoms with Crippen LogP contribution >= 0.6 is 11.6 Å². The molecular weight excluding hydrogens is 231 g/mol. The minimum atomic E-state index is -4.48. The molecule has 0 radical (unpaired) electrons. The van der Waals surface area contributed by atoms with Gasteiger partial charge in [-0.3, -0.25) is 0 Å². The van der Waals surface area contributed by atoms with E-state index in [1.807, 2.05) is 0 Å². The second-order valence-electron chi connectivity index (χ2n) is 3.03. The number of hydrogen-bond acceptors (Lipinski definition) is 2. The van der Waals surface area contributed by atoms with Gasteiger partial charge in [0, 0.05) is 12.1 Å². The molecule has 1 aromatic rings. The van der Waals surface area contributed by atoms with Crippen molar-refractivity contribution in [3.05, 3.63) is 28.5 Å². The largest absolute Gasteiger partial charge is 0.417 e. The fraction of sp³-hybridized carbons (Fsp3) is 0.333. The molecule has 15 heavy (non-hydrogen) atoms. The predicted octanol–water partition coefficient (Wildman–Crippen LogP) is 3.06. The van der Waals surface area contributed by atoms with E-state index in [0.717, 1.165) is 6.07 Å². The molecule has 0 aliphatic heterocycles. The van der Waals surface area contributed by atoms with Gasteiger partial charge in [0.2, 0.25) is 0 Å². The molecule has 1 rings (SSSR count). The van der Waals surface area contributed by atoms with Crippen LogP contribution in [0.25, 0.3) is 0 Å². The molecule has 1 aromatic heterocycles. The summed E-state index contributed by atoms with van der Waals surface area (Å²) in [6, 6.07) is 0.842. The van der Waals surface area contributed by atoms with Gasteiger partial charge in [-0.25, -0.2) is 4.98 Å². The van der Waals surface area contributed by atoms with E-state index in [0.29, 0.717) is 12.5 Å². The summed E-state index contributed by atoms with van der Waals surface area (Å²) in [4.78, 5) is 13.9. The number of carbonyl (C=O) groups is 1. The van der Waals surface area contributed by atoms with Crippen molar-refractivity contribution >= 4 is 17.9 Å². The quantitative estimate of drug-likeness (QED) is 0.585. The number of pyridine rings is 1. The highest BCUT2D eigenvalue weighted by Crippen LogP contribution is 2.32. The third-order valence-electron chi connectivity index (χ3n) is 1.89. The predicted molar refractivity (Wildman–Crippen MR) is 48.7 cm³/mol. The Morgan fingerprint density at radius 2 is 2.13 bits per heavy atom. The fourth-order valence-corrected chi connectivity index (χ4v) is 1.29. The summed E-state index contributed by atoms with van der Waals surface area (Å²) in [5.74, 6) is -0.702. The Morgan fingerprint density at radius 3 is 2.60 bits per heavy atom. The lowest BCUT2D eigenvalue weighted by Crippen LogP contribution is -2.08. The summed E-state index contributed by atoms with van der Waals surface area (Å²) >= 11 is 5.58. The van der Waals surface area contributed by atoms with Gasteiger partial charge in [0.05, 0.1) is 5.56 Å². The summed E-state index contributed by atoms with van der Waals surface area (Å²) in [5, 5.41) is -0.0809. The Kier molecular flexibility index (Phi) is 3.34. The number of aldehydes is 1. The third kappa shape index (κ3) is 2.68. The molecule has 6 heteroatoms. The Bertz CT molecular complexity index is 378. The molecule has 0 aromatic carbocycles. The Labute approximate surface area is 89.1 Å². The molecule has 1 heterocycles. The van der Waals surface area contributed by atoms with Crippen molar-refractivity contribution in [1.82, 2.24) is 4.98 Å². The van der Waals surface area contributed by atoms with Crippen LogP contribution in [0.3, 0.4) is 0 Å². The monoisotopic (exact) mass is 237 g/mol. The molecule has 0 saturated heterocycles. The number of carbonyl (C=O) groups excluding carboxylic acids is 1. The van der Waals surface area contributed by atoms with E-state index in [-0.39, 0.29) is 10.7 Å². The van der Waals surface area contributed by atoms with E-state index in [2.05, 4.69) is 4.98 Å². The average Bonchev–Trinajstić information content (AvgIpc) is 2.15. The van der Waals surface area contributed by atoms with Gasteiger partial charge in [-0.2, -0.15) is 13.2 Å². The lowest BCUT2D eigenvalue weighted by Gasteiger charge is -2.10. The highest BCUT2D eigenvalue weighted by molar-refractivity contribution is 6.30. The summed E-state index contributed by atoms with van der Waals surface area (Å²) < 4.78 is 36.9. The van der Waals surface area contributed by atoms with Gasteiger partial charge < -0.3 is 4.79 Å². The smallest absolute Gasteiger partial charge is 0.303 e. The molecule has 0 amide bonds. The van der Waals surface area contributed by atoms with Gasteiger partial charge >= 0.3 is 6.18 Å². The second kappa shape index (κ2) is 4.18. The number of hydrogen-bond donors (Lipinski definition) is 0. The first-order valence-electron chi connectivity index (χ1n) is 4.04. The van der Waals surface area contributed by atoms with Crippen molar-refractivity contribution in [3.63, 3.8) is 0 Å². The van der Waals surface area contributed by atoms with Crippen LogP contribution < -0.4 is 0 Å². The standard InChI is InChI=1S/C9H7ClF3NO/c1-5(4-15)7-2-6(9(11,12)13)3-14-8(7)10/h2-5H,1H3. The van der Waals surface area contributed by atoms with Crippen LogP contribution in [0, 0.1) is 0 Å². The topological polar surface area (TPSA) is 30.0 Å². The molecular formula is C9H7ClF3NO. The zero-order valence-electron chi connectivity index (χ0n) is 7.68. The summed E-state index contributed by atoms with van der Waals surface area (Å²) in [5.41, 5.74) is -0.822. The second-order valence-corrected chi connectivity index (χ2v) is 3.38. The molecule has 0 bridgehead atoms. The minimum absolute atomic E-state index is 0.0809. The molecule has 0 N–H and O–H groups in total. The van der Waals surface area contributed by atoms with Gasteiger partial charge in [0.15, 0.2) is 0 Å². The van der Waals surface area contributed by atoms with Crippen molar-refractivity contribution in [2.75, 3.05) is 0 Å². The minimum Gasteiger partial charge on any atom is -0.303 e. The summed E-state index contributed by atoms with van der Waals surface area (Å²) in [7, 11) is 0. The summed E-state index contributed by atoms with van der Waals surface area (Å²) in [6.45, 7) is 1.45. The van der Waals surface area contributed by atoms with Crippen LogP contribution in [-0.2, 0) is 11.0 Å². The van der Waals surface area contributed by atoms with Crippen molar-refractivity contribution in [3.8, 4) is 0 Å². The first-order chi connectivity index (χ1) is 6.86. The number of nitrogens with zero attached hydrogens (tertiary/aromatic N) is 1. The van der Waals surface area contributed by atoms with Crippen LogP contribution in [0.4, 0.5) is 13.2 Å². The lowest BCUT2D eigenvalue weighted by molar-refractivity contribution is -0.138. The van der Waals surface area contributed by atoms with Gasteiger partial charge in [-0.15, -0.1) is 0 Å². The van der Waals surface area contributed by atoms with Crippen LogP contribution in [0.5, 0.6) is 0 Å². The van der Waals surface area contributed by atoms with Crippen molar-refractivity contribution < 1.29 is 18.0 Å². The molecule has 0 saturated carbocycles. The molecule has 2 nitrogen and oxygen atoms in total. The van der Waals surface area contributed by atoms with Crippen molar-refractivity contribution in [2.45, 2.75) is 19.0 Å². The van der Waals surface area contributed by atoms with E-state index in [4.69, 9.17) is 11.6 Å². The lowest BCUT2D eigenvalue weighted by atomic mass is 10.0. The van der Waals surface area contributed by atoms with Crippen LogP contribution in [-0.4, -0.2) is 11.3 Å². The summed E-state index contributed by atoms with van der Waals surface area (Å²) in [6.07, 6.45) is -3.32. The number of rotatable bonds is 2. The van der Waals surface area contributed by atoms with Crippen LogP contribution in [0.1, 0.15) is 24.0 Å². The van der Waals surface area contributed by atoms with Crippen LogP contribution in [0.2, 0.25) is 5.15 Å². The van der Waals surface area contributed by atoms with Gasteiger partial charge in [-0.05, 0) is 11.6 Å². The Balaban J connectivity index is 3.22. The Hall–Kier alpha value is -1.10. The van der Waals surface area contributed by atoms with E-state index < -0.39 is 17.7 Å². The van der Waals surface area contributed by atoms with Crippen LogP contribution in [0.15, 0.2) is 12.3 Å². The average molecular weight is 238 g/mol. The zero-order valence-corrected chi connectivity index (χ0v) is 8.43. The highest BCUT2D eigenvalue weighted by Gasteiger charge is 2.32. The van der Waals surface area contributed by atoms with Crippen molar-refractivity contribution in [2.24, 2.45) is 0 Å². The molecule has 0 aliphatic rings. The SMILES string of the molecule is CC(C=O)c1cc(C(F)(F)F)cnc1Cl. The van der Waals surface area contributed by atoms with E-state index in [1.54, 1.807) is 0 Å². The molecule has 0 aliphatic carbocycles. The fourth-order valence-electron chi connectivity index (χ4n) is 1.01. The van der Waals surface area contributed by atoms with E-state index >= 15 is 0 Å². The zero-order chi connectivity index (χ0) is 11.6.